The van der Waals surface area contributed by atoms with Crippen LogP contribution in [0, 0.1) is 24.2 Å². The van der Waals surface area contributed by atoms with Crippen molar-refractivity contribution in [3.63, 3.8) is 0 Å². The van der Waals surface area contributed by atoms with Crippen molar-refractivity contribution < 1.29 is 22.4 Å². The molecular formula is C25H42N2O5SSi. The molecule has 2 aliphatic heterocycles. The number of amides is 1. The van der Waals surface area contributed by atoms with Gasteiger partial charge in [-0.25, -0.2) is 13.2 Å². The number of aryl methyl sites for hydroxylation is 1. The summed E-state index contributed by atoms with van der Waals surface area (Å²) in [4.78, 5) is 15.5. The molecule has 0 spiro atoms. The number of sulfonamides is 1. The number of ether oxygens (including phenoxy) is 1. The third-order valence-electron chi connectivity index (χ3n) is 6.82. The van der Waals surface area contributed by atoms with E-state index < -0.39 is 30.4 Å². The maximum Gasteiger partial charge on any atom is 0.412 e. The molecule has 2 heterocycles. The third-order valence-corrected chi connectivity index (χ3v) is 9.55. The fourth-order valence-corrected chi connectivity index (χ4v) is 7.57. The molecule has 2 fully saturated rings. The molecule has 2 saturated heterocycles. The zero-order valence-corrected chi connectivity index (χ0v) is 24.2. The van der Waals surface area contributed by atoms with Gasteiger partial charge in [0.05, 0.1) is 4.90 Å². The van der Waals surface area contributed by atoms with Gasteiger partial charge in [-0.3, -0.25) is 4.90 Å². The van der Waals surface area contributed by atoms with Crippen LogP contribution in [-0.2, 0) is 19.2 Å². The van der Waals surface area contributed by atoms with E-state index in [9.17, 15) is 13.2 Å². The van der Waals surface area contributed by atoms with Gasteiger partial charge in [0.1, 0.15) is 11.3 Å². The second-order valence-electron chi connectivity index (χ2n) is 12.2. The van der Waals surface area contributed by atoms with Gasteiger partial charge < -0.3 is 9.16 Å². The zero-order chi connectivity index (χ0) is 25.7. The molecule has 1 aromatic rings. The van der Waals surface area contributed by atoms with Crippen LogP contribution in [0.5, 0.6) is 0 Å². The van der Waals surface area contributed by atoms with Gasteiger partial charge in [0.25, 0.3) is 0 Å². The maximum absolute atomic E-state index is 13.4. The van der Waals surface area contributed by atoms with Crippen LogP contribution in [0.2, 0.25) is 13.1 Å². The lowest BCUT2D eigenvalue weighted by Crippen LogP contribution is -2.66. The Hall–Kier alpha value is -1.42. The Kier molecular flexibility index (Phi) is 7.37. The molecule has 192 valence electrons. The first-order valence-electron chi connectivity index (χ1n) is 12.2. The molecule has 0 aliphatic carbocycles. The van der Waals surface area contributed by atoms with Gasteiger partial charge in [0.15, 0.2) is 9.04 Å². The summed E-state index contributed by atoms with van der Waals surface area (Å²) >= 11 is 0. The Balaban J connectivity index is 1.92. The minimum absolute atomic E-state index is 0.0265. The van der Waals surface area contributed by atoms with Crippen LogP contribution >= 0.6 is 0 Å². The van der Waals surface area contributed by atoms with Crippen molar-refractivity contribution in [2.24, 2.45) is 17.3 Å². The van der Waals surface area contributed by atoms with E-state index in [0.717, 1.165) is 5.56 Å². The fraction of sp³-hybridized carbons (Fsp3) is 0.720. The number of likely N-dealkylation sites (tertiary alicyclic amines) is 1. The summed E-state index contributed by atoms with van der Waals surface area (Å²) in [5.41, 5.74) is -0.485. The van der Waals surface area contributed by atoms with Gasteiger partial charge in [-0.05, 0) is 70.7 Å². The second kappa shape index (κ2) is 9.22. The lowest BCUT2D eigenvalue weighted by molar-refractivity contribution is -0.131. The summed E-state index contributed by atoms with van der Waals surface area (Å²) in [7, 11) is -5.18. The van der Waals surface area contributed by atoms with Gasteiger partial charge >= 0.3 is 6.09 Å². The standard InChI is InChI=1S/C25H42N2O5SSi/c1-18-10-12-21(13-11-18)33(29,30)26-15-20(16-26)25(32-34(8)9)14-19(23(2,3)4)17-27(25)22(28)31-24(5,6)7/h10-13,19-20,34H,14-17H2,1-9H3/t19-,25-/m0/s1. The van der Waals surface area contributed by atoms with Crippen molar-refractivity contribution in [3.8, 4) is 0 Å². The van der Waals surface area contributed by atoms with E-state index in [1.165, 1.54) is 4.31 Å². The molecular weight excluding hydrogens is 468 g/mol. The number of nitrogens with zero attached hydrogens (tertiary/aromatic N) is 2. The van der Waals surface area contributed by atoms with Crippen LogP contribution in [0.25, 0.3) is 0 Å². The van der Waals surface area contributed by atoms with E-state index in [1.54, 1.807) is 17.0 Å². The summed E-state index contributed by atoms with van der Waals surface area (Å²) in [5.74, 6) is 0.109. The Labute approximate surface area is 207 Å². The molecule has 9 heteroatoms. The lowest BCUT2D eigenvalue weighted by Gasteiger charge is -2.52. The van der Waals surface area contributed by atoms with Gasteiger partial charge in [0.2, 0.25) is 10.0 Å². The number of rotatable bonds is 5. The molecule has 0 unspecified atom stereocenters. The summed E-state index contributed by atoms with van der Waals surface area (Å²) in [5, 5.41) is 0. The summed E-state index contributed by atoms with van der Waals surface area (Å²) in [6, 6.07) is 6.94. The van der Waals surface area contributed by atoms with Gasteiger partial charge in [-0.1, -0.05) is 38.5 Å². The van der Waals surface area contributed by atoms with Gasteiger partial charge in [0, 0.05) is 25.6 Å². The smallest absolute Gasteiger partial charge is 0.412 e. The highest BCUT2D eigenvalue weighted by molar-refractivity contribution is 7.89. The number of carbonyl (C=O) groups is 1. The molecule has 0 N–H and O–H groups in total. The molecule has 0 saturated carbocycles. The summed E-state index contributed by atoms with van der Waals surface area (Å²) in [6.07, 6.45) is 0.304. The minimum Gasteiger partial charge on any atom is -0.444 e. The monoisotopic (exact) mass is 510 g/mol. The number of benzene rings is 1. The molecule has 2 atom stereocenters. The Morgan fingerprint density at radius 1 is 1.03 bits per heavy atom. The van der Waals surface area contributed by atoms with Crippen molar-refractivity contribution in [3.05, 3.63) is 29.8 Å². The van der Waals surface area contributed by atoms with E-state index in [4.69, 9.17) is 9.16 Å². The molecule has 3 rings (SSSR count). The van der Waals surface area contributed by atoms with Gasteiger partial charge in [-0.2, -0.15) is 4.31 Å². The van der Waals surface area contributed by atoms with E-state index in [1.807, 2.05) is 39.8 Å². The highest BCUT2D eigenvalue weighted by atomic mass is 32.2. The molecule has 0 bridgehead atoms. The van der Waals surface area contributed by atoms with Crippen LogP contribution < -0.4 is 0 Å². The summed E-state index contributed by atoms with van der Waals surface area (Å²) < 4.78 is 40.5. The van der Waals surface area contributed by atoms with E-state index >= 15 is 0 Å². The molecule has 1 amide bonds. The first-order valence-corrected chi connectivity index (χ1v) is 16.4. The molecule has 0 aromatic heterocycles. The Bertz CT molecular complexity index is 992. The fourth-order valence-electron chi connectivity index (χ4n) is 4.81. The van der Waals surface area contributed by atoms with Crippen molar-refractivity contribution in [1.29, 1.82) is 0 Å². The van der Waals surface area contributed by atoms with Crippen LogP contribution in [0.1, 0.15) is 53.5 Å². The molecule has 34 heavy (non-hydrogen) atoms. The van der Waals surface area contributed by atoms with Gasteiger partial charge in [-0.15, -0.1) is 0 Å². The number of hydrogen-bond acceptors (Lipinski definition) is 5. The van der Waals surface area contributed by atoms with Crippen LogP contribution in [0.15, 0.2) is 29.2 Å². The van der Waals surface area contributed by atoms with E-state index in [-0.39, 0.29) is 23.3 Å². The highest BCUT2D eigenvalue weighted by Crippen LogP contribution is 2.50. The van der Waals surface area contributed by atoms with Crippen molar-refractivity contribution >= 4 is 25.2 Å². The number of hydrogen-bond donors (Lipinski definition) is 0. The van der Waals surface area contributed by atoms with Crippen LogP contribution in [0.3, 0.4) is 0 Å². The largest absolute Gasteiger partial charge is 0.444 e. The number of carbonyl (C=O) groups excluding carboxylic acids is 1. The zero-order valence-electron chi connectivity index (χ0n) is 22.2. The Morgan fingerprint density at radius 3 is 2.06 bits per heavy atom. The third kappa shape index (κ3) is 5.53. The quantitative estimate of drug-likeness (QED) is 0.541. The second-order valence-corrected chi connectivity index (χ2v) is 16.5. The normalized spacial score (nSPS) is 25.0. The topological polar surface area (TPSA) is 76.2 Å². The molecule has 7 nitrogen and oxygen atoms in total. The minimum atomic E-state index is -3.59. The first-order chi connectivity index (χ1) is 15.5. The predicted molar refractivity (Wildman–Crippen MR) is 137 cm³/mol. The predicted octanol–water partition coefficient (Wildman–Crippen LogP) is 4.61. The molecule has 1 aromatic carbocycles. The average Bonchev–Trinajstić information content (AvgIpc) is 2.98. The molecule has 0 radical (unpaired) electrons. The summed E-state index contributed by atoms with van der Waals surface area (Å²) in [6.45, 7) is 19.5. The highest BCUT2D eigenvalue weighted by Gasteiger charge is 2.60. The van der Waals surface area contributed by atoms with Crippen molar-refractivity contribution in [1.82, 2.24) is 9.21 Å². The van der Waals surface area contributed by atoms with Crippen LogP contribution in [0.4, 0.5) is 4.79 Å². The first kappa shape index (κ1) is 27.2. The van der Waals surface area contributed by atoms with E-state index in [0.29, 0.717) is 31.0 Å². The van der Waals surface area contributed by atoms with Crippen molar-refractivity contribution in [2.45, 2.75) is 84.2 Å². The molecule has 2 aliphatic rings. The lowest BCUT2D eigenvalue weighted by atomic mass is 9.76. The van der Waals surface area contributed by atoms with Crippen molar-refractivity contribution in [2.75, 3.05) is 19.6 Å². The SMILES string of the molecule is Cc1ccc(S(=O)(=O)N2CC([C@@]3(O[SiH](C)C)C[C@H](C(C)(C)C)CN3C(=O)OC(C)(C)C)C2)cc1. The van der Waals surface area contributed by atoms with E-state index in [2.05, 4.69) is 33.9 Å². The Morgan fingerprint density at radius 2 is 1.59 bits per heavy atom. The maximum atomic E-state index is 13.4. The van der Waals surface area contributed by atoms with Crippen LogP contribution in [-0.4, -0.2) is 63.7 Å². The average molecular weight is 511 g/mol.